The van der Waals surface area contributed by atoms with Gasteiger partial charge in [-0.25, -0.2) is 10.0 Å². The van der Waals surface area contributed by atoms with Crippen LogP contribution in [0.25, 0.3) is 10.8 Å². The van der Waals surface area contributed by atoms with Crippen molar-refractivity contribution >= 4 is 22.4 Å². The normalized spacial score (nSPS) is 11.0. The van der Waals surface area contributed by atoms with Crippen LogP contribution in [0, 0.1) is 0 Å². The number of nitrogens with zero attached hydrogens (tertiary/aromatic N) is 2. The first-order chi connectivity index (χ1) is 10.6. The molecule has 2 aromatic rings. The Morgan fingerprint density at radius 1 is 1.05 bits per heavy atom. The van der Waals surface area contributed by atoms with E-state index in [0.29, 0.717) is 6.61 Å². The molecule has 0 saturated carbocycles. The second-order valence-corrected chi connectivity index (χ2v) is 5.04. The molecule has 0 atom stereocenters. The van der Waals surface area contributed by atoms with Crippen molar-refractivity contribution < 1.29 is 9.53 Å². The van der Waals surface area contributed by atoms with E-state index in [1.165, 1.54) is 0 Å². The molecule has 0 heterocycles. The minimum Gasteiger partial charge on any atom is -0.492 e. The molecule has 0 bridgehead atoms. The molecule has 22 heavy (non-hydrogen) atoms. The van der Waals surface area contributed by atoms with Gasteiger partial charge in [0.15, 0.2) is 0 Å². The average molecular weight is 300 g/mol. The summed E-state index contributed by atoms with van der Waals surface area (Å²) >= 11 is 0. The maximum Gasteiger partial charge on any atom is 0.238 e. The monoisotopic (exact) mass is 300 g/mol. The second-order valence-electron chi connectivity index (χ2n) is 5.04. The minimum absolute atomic E-state index is 0.0130. The van der Waals surface area contributed by atoms with Crippen molar-refractivity contribution in [3.05, 3.63) is 36.4 Å². The highest BCUT2D eigenvalue weighted by Crippen LogP contribution is 2.37. The molecule has 0 aliphatic carbocycles. The molecule has 2 aromatic carbocycles. The van der Waals surface area contributed by atoms with Crippen LogP contribution in [0.1, 0.15) is 27.7 Å². The van der Waals surface area contributed by atoms with E-state index in [4.69, 9.17) is 4.74 Å². The summed E-state index contributed by atoms with van der Waals surface area (Å²) in [6.07, 6.45) is 0. The largest absolute Gasteiger partial charge is 0.492 e. The summed E-state index contributed by atoms with van der Waals surface area (Å²) < 4.78 is 5.79. The van der Waals surface area contributed by atoms with Gasteiger partial charge in [0.05, 0.1) is 6.61 Å². The lowest BCUT2D eigenvalue weighted by Gasteiger charge is -2.34. The number of amides is 1. The Labute approximate surface area is 132 Å². The zero-order chi connectivity index (χ0) is 16.1. The van der Waals surface area contributed by atoms with Gasteiger partial charge >= 0.3 is 0 Å². The number of carbonyl (C=O) groups excluding carboxylic acids is 1. The van der Waals surface area contributed by atoms with Gasteiger partial charge in [-0.2, -0.15) is 0 Å². The summed E-state index contributed by atoms with van der Waals surface area (Å²) in [6, 6.07) is 12.1. The number of carbonyl (C=O) groups is 1. The highest BCUT2D eigenvalue weighted by Gasteiger charge is 2.23. The third-order valence-electron chi connectivity index (χ3n) is 3.69. The third kappa shape index (κ3) is 3.07. The van der Waals surface area contributed by atoms with E-state index in [2.05, 4.69) is 6.07 Å². The first kappa shape index (κ1) is 16.3. The fraction of sp³-hybridized carbons (Fsp3) is 0.389. The van der Waals surface area contributed by atoms with E-state index in [-0.39, 0.29) is 5.91 Å². The lowest BCUT2D eigenvalue weighted by Crippen LogP contribution is -2.46. The van der Waals surface area contributed by atoms with Crippen molar-refractivity contribution in [3.8, 4) is 5.75 Å². The first-order valence-corrected chi connectivity index (χ1v) is 7.84. The molecule has 2 rings (SSSR count). The number of anilines is 1. The maximum absolute atomic E-state index is 12.3. The van der Waals surface area contributed by atoms with E-state index in [9.17, 15) is 4.79 Å². The van der Waals surface area contributed by atoms with Gasteiger partial charge in [0.2, 0.25) is 5.91 Å². The van der Waals surface area contributed by atoms with E-state index in [1.54, 1.807) is 11.9 Å². The average Bonchev–Trinajstić information content (AvgIpc) is 2.53. The Morgan fingerprint density at radius 3 is 2.32 bits per heavy atom. The van der Waals surface area contributed by atoms with Crippen LogP contribution in [0.3, 0.4) is 0 Å². The lowest BCUT2D eigenvalue weighted by molar-refractivity contribution is -0.119. The van der Waals surface area contributed by atoms with Crippen LogP contribution in [0.15, 0.2) is 36.4 Å². The summed E-state index contributed by atoms with van der Waals surface area (Å²) in [5.74, 6) is 0.726. The molecule has 0 aliphatic rings. The first-order valence-electron chi connectivity index (χ1n) is 7.84. The fourth-order valence-corrected chi connectivity index (χ4v) is 2.73. The van der Waals surface area contributed by atoms with Gasteiger partial charge in [-0.3, -0.25) is 4.79 Å². The van der Waals surface area contributed by atoms with Crippen molar-refractivity contribution in [1.82, 2.24) is 5.01 Å². The minimum atomic E-state index is -0.0130. The molecule has 118 valence electrons. The number of hydrogen-bond donors (Lipinski definition) is 0. The van der Waals surface area contributed by atoms with Gasteiger partial charge in [0, 0.05) is 25.4 Å². The molecule has 0 saturated heterocycles. The molecule has 0 N–H and O–H groups in total. The smallest absolute Gasteiger partial charge is 0.238 e. The molecular weight excluding hydrogens is 276 g/mol. The molecule has 0 aromatic heterocycles. The molecule has 0 spiro atoms. The van der Waals surface area contributed by atoms with Crippen molar-refractivity contribution in [2.75, 3.05) is 24.7 Å². The van der Waals surface area contributed by atoms with Crippen LogP contribution in [-0.4, -0.2) is 30.6 Å². The standard InChI is InChI=1S/C18H24N2O2/c1-5-19(6-2)20(14(4)21)18-16-11-9-8-10-15(16)12-13-17(18)22-7-3/h8-13H,5-7H2,1-4H3. The van der Waals surface area contributed by atoms with Gasteiger partial charge in [-0.15, -0.1) is 0 Å². The predicted molar refractivity (Wildman–Crippen MR) is 91.2 cm³/mol. The predicted octanol–water partition coefficient (Wildman–Crippen LogP) is 3.85. The highest BCUT2D eigenvalue weighted by molar-refractivity contribution is 6.05. The van der Waals surface area contributed by atoms with Crippen molar-refractivity contribution in [3.63, 3.8) is 0 Å². The van der Waals surface area contributed by atoms with Crippen molar-refractivity contribution in [2.24, 2.45) is 0 Å². The molecule has 1 amide bonds. The second kappa shape index (κ2) is 7.27. The maximum atomic E-state index is 12.3. The van der Waals surface area contributed by atoms with Crippen LogP contribution in [0.4, 0.5) is 5.69 Å². The highest BCUT2D eigenvalue weighted by atomic mass is 16.5. The summed E-state index contributed by atoms with van der Waals surface area (Å²) in [6.45, 7) is 9.71. The van der Waals surface area contributed by atoms with E-state index in [1.807, 2.05) is 56.1 Å². The summed E-state index contributed by atoms with van der Waals surface area (Å²) in [5, 5.41) is 5.88. The number of hydrazine groups is 1. The number of benzene rings is 2. The molecular formula is C18H24N2O2. The van der Waals surface area contributed by atoms with E-state index < -0.39 is 0 Å². The van der Waals surface area contributed by atoms with Gasteiger partial charge < -0.3 is 4.74 Å². The van der Waals surface area contributed by atoms with Crippen LogP contribution in [-0.2, 0) is 4.79 Å². The zero-order valence-corrected chi connectivity index (χ0v) is 13.8. The summed E-state index contributed by atoms with van der Waals surface area (Å²) in [7, 11) is 0. The SMILES string of the molecule is CCOc1ccc2ccccc2c1N(C(C)=O)N(CC)CC. The zero-order valence-electron chi connectivity index (χ0n) is 13.8. The number of fused-ring (bicyclic) bond motifs is 1. The Kier molecular flexibility index (Phi) is 5.39. The van der Waals surface area contributed by atoms with Crippen LogP contribution >= 0.6 is 0 Å². The molecule has 4 nitrogen and oxygen atoms in total. The summed E-state index contributed by atoms with van der Waals surface area (Å²) in [5.41, 5.74) is 0.830. The van der Waals surface area contributed by atoms with Gasteiger partial charge in [-0.05, 0) is 18.4 Å². The quantitative estimate of drug-likeness (QED) is 0.760. The number of rotatable bonds is 6. The van der Waals surface area contributed by atoms with Crippen molar-refractivity contribution in [1.29, 1.82) is 0 Å². The lowest BCUT2D eigenvalue weighted by atomic mass is 10.1. The fourth-order valence-electron chi connectivity index (χ4n) is 2.73. The van der Waals surface area contributed by atoms with Crippen LogP contribution in [0.5, 0.6) is 5.75 Å². The molecule has 0 radical (unpaired) electrons. The Balaban J connectivity index is 2.72. The van der Waals surface area contributed by atoms with Gasteiger partial charge in [-0.1, -0.05) is 44.2 Å². The molecule has 0 aliphatic heterocycles. The third-order valence-corrected chi connectivity index (χ3v) is 3.69. The summed E-state index contributed by atoms with van der Waals surface area (Å²) in [4.78, 5) is 12.3. The van der Waals surface area contributed by atoms with E-state index in [0.717, 1.165) is 35.3 Å². The number of ether oxygens (including phenoxy) is 1. The van der Waals surface area contributed by atoms with Crippen molar-refractivity contribution in [2.45, 2.75) is 27.7 Å². The number of hydrogen-bond acceptors (Lipinski definition) is 3. The van der Waals surface area contributed by atoms with Crippen LogP contribution in [0.2, 0.25) is 0 Å². The van der Waals surface area contributed by atoms with E-state index >= 15 is 0 Å². The molecule has 0 unspecified atom stereocenters. The Hall–Kier alpha value is -2.07. The Bertz CT molecular complexity index is 651. The topological polar surface area (TPSA) is 32.8 Å². The molecule has 0 fully saturated rings. The Morgan fingerprint density at radius 2 is 1.73 bits per heavy atom. The molecule has 4 heteroatoms. The van der Waals surface area contributed by atoms with Gasteiger partial charge in [0.1, 0.15) is 11.4 Å². The van der Waals surface area contributed by atoms with Crippen LogP contribution < -0.4 is 9.75 Å². The van der Waals surface area contributed by atoms with Gasteiger partial charge in [0.25, 0.3) is 0 Å².